The van der Waals surface area contributed by atoms with E-state index in [2.05, 4.69) is 23.7 Å². The van der Waals surface area contributed by atoms with Crippen LogP contribution in [0.15, 0.2) is 0 Å². The molecular formula is C11H21NOS. The number of likely N-dealkylation sites (N-methyl/N-ethyl adjacent to an activating group) is 1. The van der Waals surface area contributed by atoms with Gasteiger partial charge < -0.3 is 5.11 Å². The molecule has 0 bridgehead atoms. The van der Waals surface area contributed by atoms with Crippen molar-refractivity contribution in [2.45, 2.75) is 50.3 Å². The van der Waals surface area contributed by atoms with Gasteiger partial charge in [0.25, 0.3) is 0 Å². The number of thioether (sulfide) groups is 1. The van der Waals surface area contributed by atoms with E-state index in [9.17, 15) is 5.11 Å². The molecule has 1 saturated heterocycles. The zero-order chi connectivity index (χ0) is 9.97. The van der Waals surface area contributed by atoms with Crippen LogP contribution in [0.5, 0.6) is 0 Å². The normalized spacial score (nSPS) is 39.2. The van der Waals surface area contributed by atoms with Gasteiger partial charge in [-0.25, -0.2) is 0 Å². The van der Waals surface area contributed by atoms with Gasteiger partial charge in [0.1, 0.15) is 0 Å². The zero-order valence-corrected chi connectivity index (χ0v) is 9.80. The highest BCUT2D eigenvalue weighted by atomic mass is 32.2. The number of rotatable bonds is 2. The van der Waals surface area contributed by atoms with E-state index in [1.54, 1.807) is 0 Å². The van der Waals surface area contributed by atoms with Gasteiger partial charge in [-0.15, -0.1) is 0 Å². The Kier molecular flexibility index (Phi) is 3.74. The van der Waals surface area contributed by atoms with Gasteiger partial charge in [-0.05, 0) is 32.1 Å². The fraction of sp³-hybridized carbons (Fsp3) is 1.00. The molecule has 1 unspecified atom stereocenters. The highest BCUT2D eigenvalue weighted by Gasteiger charge is 2.31. The molecule has 0 aromatic heterocycles. The highest BCUT2D eigenvalue weighted by molar-refractivity contribution is 7.99. The minimum atomic E-state index is -0.0700. The number of aliphatic hydroxyl groups is 1. The summed E-state index contributed by atoms with van der Waals surface area (Å²) in [6, 6.07) is 1.16. The molecule has 3 atom stereocenters. The van der Waals surface area contributed by atoms with Crippen LogP contribution in [0.4, 0.5) is 0 Å². The van der Waals surface area contributed by atoms with Crippen molar-refractivity contribution in [3.05, 3.63) is 0 Å². The summed E-state index contributed by atoms with van der Waals surface area (Å²) in [4.78, 5) is 2.45. The molecule has 1 heterocycles. The van der Waals surface area contributed by atoms with Gasteiger partial charge in [0.2, 0.25) is 0 Å². The molecule has 0 spiro atoms. The molecule has 0 radical (unpaired) electrons. The smallest absolute Gasteiger partial charge is 0.0695 e. The Balaban J connectivity index is 1.91. The third-order valence-electron chi connectivity index (χ3n) is 3.70. The van der Waals surface area contributed by atoms with Crippen LogP contribution < -0.4 is 0 Å². The lowest BCUT2D eigenvalue weighted by atomic mass is 9.91. The van der Waals surface area contributed by atoms with Crippen molar-refractivity contribution >= 4 is 11.8 Å². The van der Waals surface area contributed by atoms with Crippen LogP contribution >= 0.6 is 11.8 Å². The maximum atomic E-state index is 9.95. The third kappa shape index (κ3) is 2.26. The fourth-order valence-electron chi connectivity index (χ4n) is 2.68. The van der Waals surface area contributed by atoms with Gasteiger partial charge in [0.05, 0.1) is 6.10 Å². The largest absolute Gasteiger partial charge is 0.391 e. The van der Waals surface area contributed by atoms with Crippen LogP contribution in [-0.4, -0.2) is 46.7 Å². The van der Waals surface area contributed by atoms with Gasteiger partial charge in [-0.2, -0.15) is 11.8 Å². The molecule has 82 valence electrons. The Morgan fingerprint density at radius 1 is 1.21 bits per heavy atom. The number of hydrogen-bond donors (Lipinski definition) is 1. The van der Waals surface area contributed by atoms with Crippen molar-refractivity contribution in [2.24, 2.45) is 0 Å². The van der Waals surface area contributed by atoms with Crippen LogP contribution in [0.2, 0.25) is 0 Å². The number of nitrogens with zero attached hydrogens (tertiary/aromatic N) is 1. The van der Waals surface area contributed by atoms with Gasteiger partial charge in [-0.3, -0.25) is 4.90 Å². The second-order valence-corrected chi connectivity index (χ2v) is 5.75. The van der Waals surface area contributed by atoms with E-state index in [4.69, 9.17) is 0 Å². The third-order valence-corrected chi connectivity index (χ3v) is 4.84. The molecule has 0 aromatic carbocycles. The van der Waals surface area contributed by atoms with Crippen LogP contribution in [0.3, 0.4) is 0 Å². The summed E-state index contributed by atoms with van der Waals surface area (Å²) < 4.78 is 0. The summed E-state index contributed by atoms with van der Waals surface area (Å²) >= 11 is 2.05. The SMILES string of the molecule is CN(C1CCSC1)[C@@H]1CCCC[C@H]1O. The Hall–Kier alpha value is 0.270. The van der Waals surface area contributed by atoms with E-state index in [0.29, 0.717) is 6.04 Å². The first-order valence-electron chi connectivity index (χ1n) is 5.77. The Bertz CT molecular complexity index is 182. The number of aliphatic hydroxyl groups excluding tert-OH is 1. The molecule has 3 heteroatoms. The summed E-state index contributed by atoms with van der Waals surface area (Å²) in [5.74, 6) is 2.57. The van der Waals surface area contributed by atoms with Crippen LogP contribution in [0, 0.1) is 0 Å². The molecule has 1 aliphatic carbocycles. The highest BCUT2D eigenvalue weighted by Crippen LogP contribution is 2.28. The second-order valence-electron chi connectivity index (χ2n) is 4.60. The van der Waals surface area contributed by atoms with Crippen molar-refractivity contribution in [1.29, 1.82) is 0 Å². The van der Waals surface area contributed by atoms with Crippen LogP contribution in [-0.2, 0) is 0 Å². The molecule has 2 aliphatic rings. The lowest BCUT2D eigenvalue weighted by Gasteiger charge is -2.38. The minimum absolute atomic E-state index is 0.0700. The number of hydrogen-bond acceptors (Lipinski definition) is 3. The Morgan fingerprint density at radius 2 is 2.00 bits per heavy atom. The minimum Gasteiger partial charge on any atom is -0.391 e. The summed E-state index contributed by atoms with van der Waals surface area (Å²) in [7, 11) is 2.20. The standard InChI is InChI=1S/C11H21NOS/c1-12(9-6-7-14-8-9)10-4-2-3-5-11(10)13/h9-11,13H,2-8H2,1H3/t9?,10-,11-/m1/s1. The van der Waals surface area contributed by atoms with E-state index in [1.807, 2.05) is 0 Å². The van der Waals surface area contributed by atoms with Crippen LogP contribution in [0.1, 0.15) is 32.1 Å². The maximum absolute atomic E-state index is 9.95. The average Bonchev–Trinajstić information content (AvgIpc) is 2.70. The predicted octanol–water partition coefficient (Wildman–Crippen LogP) is 1.73. The van der Waals surface area contributed by atoms with Crippen molar-refractivity contribution in [3.63, 3.8) is 0 Å². The first-order chi connectivity index (χ1) is 6.79. The predicted molar refractivity (Wildman–Crippen MR) is 61.8 cm³/mol. The quantitative estimate of drug-likeness (QED) is 0.759. The molecule has 1 saturated carbocycles. The molecule has 1 N–H and O–H groups in total. The van der Waals surface area contributed by atoms with Gasteiger partial charge in [-0.1, -0.05) is 12.8 Å². The van der Waals surface area contributed by atoms with E-state index in [0.717, 1.165) is 12.5 Å². The molecule has 14 heavy (non-hydrogen) atoms. The topological polar surface area (TPSA) is 23.5 Å². The molecule has 2 nitrogen and oxygen atoms in total. The second kappa shape index (κ2) is 4.86. The zero-order valence-electron chi connectivity index (χ0n) is 8.98. The summed E-state index contributed by atoms with van der Waals surface area (Å²) in [5.41, 5.74) is 0. The maximum Gasteiger partial charge on any atom is 0.0695 e. The Labute approximate surface area is 91.1 Å². The van der Waals surface area contributed by atoms with Crippen molar-refractivity contribution in [1.82, 2.24) is 4.90 Å². The fourth-order valence-corrected chi connectivity index (χ4v) is 3.96. The van der Waals surface area contributed by atoms with Gasteiger partial charge in [0.15, 0.2) is 0 Å². The lowest BCUT2D eigenvalue weighted by Crippen LogP contribution is -2.48. The summed E-state index contributed by atoms with van der Waals surface area (Å²) in [6.07, 6.45) is 5.95. The molecule has 0 aromatic rings. The van der Waals surface area contributed by atoms with Crippen molar-refractivity contribution in [2.75, 3.05) is 18.6 Å². The summed E-state index contributed by atoms with van der Waals surface area (Å²) in [6.45, 7) is 0. The first-order valence-corrected chi connectivity index (χ1v) is 6.92. The van der Waals surface area contributed by atoms with E-state index >= 15 is 0 Å². The van der Waals surface area contributed by atoms with Crippen LogP contribution in [0.25, 0.3) is 0 Å². The van der Waals surface area contributed by atoms with Gasteiger partial charge in [0, 0.05) is 17.8 Å². The molecule has 2 rings (SSSR count). The van der Waals surface area contributed by atoms with E-state index < -0.39 is 0 Å². The summed E-state index contributed by atoms with van der Waals surface area (Å²) in [5, 5.41) is 9.95. The van der Waals surface area contributed by atoms with E-state index in [-0.39, 0.29) is 6.10 Å². The van der Waals surface area contributed by atoms with E-state index in [1.165, 1.54) is 37.2 Å². The van der Waals surface area contributed by atoms with Crippen molar-refractivity contribution < 1.29 is 5.11 Å². The molecule has 0 amide bonds. The van der Waals surface area contributed by atoms with Crippen molar-refractivity contribution in [3.8, 4) is 0 Å². The molecule has 1 aliphatic heterocycles. The first kappa shape index (κ1) is 10.8. The molecular weight excluding hydrogens is 194 g/mol. The Morgan fingerprint density at radius 3 is 2.64 bits per heavy atom. The molecule has 2 fully saturated rings. The lowest BCUT2D eigenvalue weighted by molar-refractivity contribution is 0.0173. The monoisotopic (exact) mass is 215 g/mol. The average molecular weight is 215 g/mol. The van der Waals surface area contributed by atoms with Gasteiger partial charge >= 0.3 is 0 Å².